The second kappa shape index (κ2) is 6.16. The van der Waals surface area contributed by atoms with Gasteiger partial charge in [-0.05, 0) is 18.6 Å². The summed E-state index contributed by atoms with van der Waals surface area (Å²) in [5, 5.41) is 0.510. The molecule has 1 saturated heterocycles. The van der Waals surface area contributed by atoms with Gasteiger partial charge in [0, 0.05) is 26.7 Å². The van der Waals surface area contributed by atoms with E-state index in [1.54, 1.807) is 35.0 Å². The highest BCUT2D eigenvalue weighted by Crippen LogP contribution is 2.30. The maximum Gasteiger partial charge on any atom is 0.329 e. The summed E-state index contributed by atoms with van der Waals surface area (Å²) in [7, 11) is 3.08. The van der Waals surface area contributed by atoms with Crippen LogP contribution < -0.4 is 21.0 Å². The van der Waals surface area contributed by atoms with Crippen molar-refractivity contribution in [3.05, 3.63) is 56.2 Å². The number of anilines is 2. The zero-order chi connectivity index (χ0) is 17.4. The van der Waals surface area contributed by atoms with Crippen molar-refractivity contribution in [1.82, 2.24) is 9.55 Å². The Labute approximate surface area is 143 Å². The molecular formula is C16H17ClN4O3. The molecule has 1 aromatic heterocycles. The summed E-state index contributed by atoms with van der Waals surface area (Å²) in [6.45, 7) is 0.520. The highest BCUT2D eigenvalue weighted by molar-refractivity contribution is 6.34. The number of amides is 1. The van der Waals surface area contributed by atoms with Crippen LogP contribution in [0.25, 0.3) is 0 Å². The average Bonchev–Trinajstić information content (AvgIpc) is 2.93. The lowest BCUT2D eigenvalue weighted by molar-refractivity contribution is -0.118. The number of halogens is 1. The van der Waals surface area contributed by atoms with Crippen molar-refractivity contribution in [3.8, 4) is 0 Å². The fraction of sp³-hybridized carbons (Fsp3) is 0.312. The van der Waals surface area contributed by atoms with Crippen LogP contribution in [0.5, 0.6) is 0 Å². The molecule has 0 spiro atoms. The molecule has 24 heavy (non-hydrogen) atoms. The third-order valence-corrected chi connectivity index (χ3v) is 4.62. The van der Waals surface area contributed by atoms with Crippen LogP contribution in [0.2, 0.25) is 5.02 Å². The van der Waals surface area contributed by atoms with Crippen LogP contribution in [-0.4, -0.2) is 35.1 Å². The van der Waals surface area contributed by atoms with Gasteiger partial charge in [0.15, 0.2) is 0 Å². The van der Waals surface area contributed by atoms with Gasteiger partial charge in [0.25, 0.3) is 5.56 Å². The Hall–Kier alpha value is -2.54. The van der Waals surface area contributed by atoms with Crippen LogP contribution >= 0.6 is 11.6 Å². The Balaban J connectivity index is 1.89. The van der Waals surface area contributed by atoms with Gasteiger partial charge in [0.2, 0.25) is 5.91 Å². The minimum absolute atomic E-state index is 0.118. The van der Waals surface area contributed by atoms with Gasteiger partial charge in [-0.1, -0.05) is 23.7 Å². The minimum Gasteiger partial charge on any atom is -0.349 e. The molecule has 0 bridgehead atoms. The maximum atomic E-state index is 12.8. The molecule has 1 atom stereocenters. The molecule has 0 saturated carbocycles. The monoisotopic (exact) mass is 348 g/mol. The van der Waals surface area contributed by atoms with E-state index in [0.717, 1.165) is 4.57 Å². The van der Waals surface area contributed by atoms with Crippen LogP contribution in [0, 0.1) is 0 Å². The first kappa shape index (κ1) is 16.3. The summed E-state index contributed by atoms with van der Waals surface area (Å²) in [6, 6.07) is 8.00. The predicted molar refractivity (Wildman–Crippen MR) is 92.9 cm³/mol. The van der Waals surface area contributed by atoms with E-state index >= 15 is 0 Å². The van der Waals surface area contributed by atoms with E-state index in [0.29, 0.717) is 29.5 Å². The molecule has 1 aliphatic heterocycles. The number of nitrogens with zero attached hydrogens (tertiary/aromatic N) is 3. The van der Waals surface area contributed by atoms with Crippen LogP contribution in [0.1, 0.15) is 6.42 Å². The number of aromatic nitrogens is 2. The maximum absolute atomic E-state index is 12.8. The van der Waals surface area contributed by atoms with Gasteiger partial charge < -0.3 is 9.80 Å². The third kappa shape index (κ3) is 2.71. The quantitative estimate of drug-likeness (QED) is 0.896. The van der Waals surface area contributed by atoms with Crippen molar-refractivity contribution in [1.29, 1.82) is 0 Å². The molecule has 1 unspecified atom stereocenters. The molecule has 8 heteroatoms. The zero-order valence-electron chi connectivity index (χ0n) is 13.3. The number of nitrogens with one attached hydrogen (secondary N) is 1. The van der Waals surface area contributed by atoms with E-state index in [9.17, 15) is 14.4 Å². The Morgan fingerprint density at radius 3 is 2.62 bits per heavy atom. The van der Waals surface area contributed by atoms with E-state index in [4.69, 9.17) is 11.6 Å². The SMILES string of the molecule is CN(c1cc(=O)n(C)c(=O)[nH]1)C1CCN(c2ccccc2Cl)C1=O. The lowest BCUT2D eigenvalue weighted by Gasteiger charge is -2.25. The van der Waals surface area contributed by atoms with Crippen LogP contribution in [0.3, 0.4) is 0 Å². The molecule has 126 valence electrons. The summed E-state index contributed by atoms with van der Waals surface area (Å²) in [5.41, 5.74) is -0.274. The van der Waals surface area contributed by atoms with E-state index in [-0.39, 0.29) is 5.91 Å². The Bertz CT molecular complexity index is 873. The summed E-state index contributed by atoms with van der Waals surface area (Å²) >= 11 is 6.17. The smallest absolute Gasteiger partial charge is 0.329 e. The number of hydrogen-bond acceptors (Lipinski definition) is 4. The molecule has 1 fully saturated rings. The standard InChI is InChI=1S/C16H17ClN4O3/c1-19(13-9-14(22)20(2)16(24)18-13)12-7-8-21(15(12)23)11-6-4-3-5-10(11)17/h3-6,9,12H,7-8H2,1-2H3,(H,18,24). The lowest BCUT2D eigenvalue weighted by atomic mass is 10.2. The third-order valence-electron chi connectivity index (χ3n) is 4.30. The van der Waals surface area contributed by atoms with Crippen LogP contribution in [0.15, 0.2) is 39.9 Å². The molecular weight excluding hydrogens is 332 g/mol. The minimum atomic E-state index is -0.516. The fourth-order valence-corrected chi connectivity index (χ4v) is 3.07. The number of likely N-dealkylation sites (N-methyl/N-ethyl adjacent to an activating group) is 1. The van der Waals surface area contributed by atoms with Crippen molar-refractivity contribution in [2.75, 3.05) is 23.4 Å². The molecule has 2 aromatic rings. The van der Waals surface area contributed by atoms with Crippen molar-refractivity contribution in [2.24, 2.45) is 7.05 Å². The van der Waals surface area contributed by atoms with Gasteiger partial charge in [-0.15, -0.1) is 0 Å². The van der Waals surface area contributed by atoms with Gasteiger partial charge in [-0.3, -0.25) is 19.1 Å². The predicted octanol–water partition coefficient (Wildman–Crippen LogP) is 0.969. The molecule has 7 nitrogen and oxygen atoms in total. The first-order valence-corrected chi connectivity index (χ1v) is 7.87. The first-order chi connectivity index (χ1) is 11.4. The number of rotatable bonds is 3. The highest BCUT2D eigenvalue weighted by atomic mass is 35.5. The van der Waals surface area contributed by atoms with E-state index < -0.39 is 17.3 Å². The van der Waals surface area contributed by atoms with Gasteiger partial charge in [0.1, 0.15) is 11.9 Å². The number of H-pyrrole nitrogens is 1. The molecule has 1 aliphatic rings. The highest BCUT2D eigenvalue weighted by Gasteiger charge is 2.36. The van der Waals surface area contributed by atoms with Gasteiger partial charge in [-0.25, -0.2) is 4.79 Å². The number of para-hydroxylation sites is 1. The Morgan fingerprint density at radius 2 is 1.96 bits per heavy atom. The van der Waals surface area contributed by atoms with Crippen molar-refractivity contribution < 1.29 is 4.79 Å². The summed E-state index contributed by atoms with van der Waals surface area (Å²) in [6.07, 6.45) is 0.567. The second-order valence-electron chi connectivity index (χ2n) is 5.71. The Kier molecular flexibility index (Phi) is 4.19. The first-order valence-electron chi connectivity index (χ1n) is 7.49. The van der Waals surface area contributed by atoms with E-state index in [1.165, 1.54) is 13.1 Å². The summed E-state index contributed by atoms with van der Waals surface area (Å²) < 4.78 is 0.976. The molecule has 1 N–H and O–H groups in total. The number of carbonyl (C=O) groups excluding carboxylic acids is 1. The number of hydrogen-bond donors (Lipinski definition) is 1. The number of benzene rings is 1. The number of carbonyl (C=O) groups is 1. The van der Waals surface area contributed by atoms with E-state index in [1.807, 2.05) is 6.07 Å². The fourth-order valence-electron chi connectivity index (χ4n) is 2.84. The van der Waals surface area contributed by atoms with Gasteiger partial charge in [-0.2, -0.15) is 0 Å². The van der Waals surface area contributed by atoms with Crippen LogP contribution in [0.4, 0.5) is 11.5 Å². The second-order valence-corrected chi connectivity index (χ2v) is 6.12. The number of aromatic amines is 1. The topological polar surface area (TPSA) is 78.4 Å². The molecule has 1 aromatic carbocycles. The largest absolute Gasteiger partial charge is 0.349 e. The van der Waals surface area contributed by atoms with Crippen molar-refractivity contribution in [2.45, 2.75) is 12.5 Å². The Morgan fingerprint density at radius 1 is 1.25 bits per heavy atom. The van der Waals surface area contributed by atoms with Crippen LogP contribution in [-0.2, 0) is 11.8 Å². The summed E-state index contributed by atoms with van der Waals surface area (Å²) in [5.74, 6) is 0.203. The normalized spacial score (nSPS) is 17.4. The lowest BCUT2D eigenvalue weighted by Crippen LogP contribution is -2.42. The van der Waals surface area contributed by atoms with Crippen molar-refractivity contribution in [3.63, 3.8) is 0 Å². The molecule has 2 heterocycles. The molecule has 0 aliphatic carbocycles. The molecule has 3 rings (SSSR count). The van der Waals surface area contributed by atoms with E-state index in [2.05, 4.69) is 4.98 Å². The molecule has 0 radical (unpaired) electrons. The average molecular weight is 349 g/mol. The van der Waals surface area contributed by atoms with Gasteiger partial charge in [0.05, 0.1) is 10.7 Å². The molecule has 1 amide bonds. The van der Waals surface area contributed by atoms with Gasteiger partial charge >= 0.3 is 5.69 Å². The summed E-state index contributed by atoms with van der Waals surface area (Å²) in [4.78, 5) is 42.2. The zero-order valence-corrected chi connectivity index (χ0v) is 14.1. The van der Waals surface area contributed by atoms with Crippen molar-refractivity contribution >= 4 is 29.0 Å².